The maximum Gasteiger partial charge on any atom is 0.0634 e. The molecule has 19 heavy (non-hydrogen) atoms. The van der Waals surface area contributed by atoms with Gasteiger partial charge in [-0.15, -0.1) is 11.3 Å². The lowest BCUT2D eigenvalue weighted by Gasteiger charge is -2.22. The zero-order valence-electron chi connectivity index (χ0n) is 11.2. The van der Waals surface area contributed by atoms with Crippen molar-refractivity contribution in [1.29, 1.82) is 0 Å². The van der Waals surface area contributed by atoms with E-state index in [0.29, 0.717) is 5.92 Å². The second kappa shape index (κ2) is 5.61. The highest BCUT2D eigenvalue weighted by atomic mass is 32.1. The minimum absolute atomic E-state index is 0.236. The zero-order chi connectivity index (χ0) is 13.2. The molecule has 1 aliphatic rings. The van der Waals surface area contributed by atoms with Gasteiger partial charge in [0.25, 0.3) is 0 Å². The molecule has 1 aromatic heterocycles. The molecule has 2 heterocycles. The average molecular weight is 276 g/mol. The number of hydrogen-bond donors (Lipinski definition) is 1. The summed E-state index contributed by atoms with van der Waals surface area (Å²) >= 11 is 1.76. The first-order chi connectivity index (χ1) is 9.29. The van der Waals surface area contributed by atoms with E-state index in [1.807, 2.05) is 0 Å². The van der Waals surface area contributed by atoms with Crippen LogP contribution in [-0.4, -0.2) is 23.9 Å². The first-order valence-corrected chi connectivity index (χ1v) is 7.92. The van der Waals surface area contributed by atoms with Gasteiger partial charge in [-0.2, -0.15) is 0 Å². The van der Waals surface area contributed by atoms with E-state index in [0.717, 1.165) is 25.9 Å². The van der Waals surface area contributed by atoms with Crippen LogP contribution >= 0.6 is 11.3 Å². The largest absolute Gasteiger partial charge is 0.392 e. The molecular formula is C16H20O2S. The van der Waals surface area contributed by atoms with Gasteiger partial charge in [-0.1, -0.05) is 25.1 Å². The normalized spacial score (nSPS) is 24.9. The summed E-state index contributed by atoms with van der Waals surface area (Å²) in [7, 11) is 0. The minimum atomic E-state index is -0.287. The number of ether oxygens (including phenoxy) is 1. The summed E-state index contributed by atoms with van der Waals surface area (Å²) < 4.78 is 6.99. The third-order valence-electron chi connectivity index (χ3n) is 4.15. The fourth-order valence-corrected chi connectivity index (χ4v) is 4.07. The summed E-state index contributed by atoms with van der Waals surface area (Å²) in [4.78, 5) is 0. The van der Waals surface area contributed by atoms with Crippen LogP contribution in [0.2, 0.25) is 0 Å². The molecule has 102 valence electrons. The van der Waals surface area contributed by atoms with Gasteiger partial charge in [-0.3, -0.25) is 0 Å². The summed E-state index contributed by atoms with van der Waals surface area (Å²) in [5.41, 5.74) is 1.27. The van der Waals surface area contributed by atoms with Gasteiger partial charge in [0.1, 0.15) is 0 Å². The van der Waals surface area contributed by atoms with E-state index < -0.39 is 0 Å². The summed E-state index contributed by atoms with van der Waals surface area (Å²) in [5.74, 6) is 0.295. The molecule has 0 radical (unpaired) electrons. The van der Waals surface area contributed by atoms with Crippen molar-refractivity contribution in [2.45, 2.75) is 38.4 Å². The molecule has 1 saturated heterocycles. The van der Waals surface area contributed by atoms with Gasteiger partial charge >= 0.3 is 0 Å². The third kappa shape index (κ3) is 2.55. The Morgan fingerprint density at radius 2 is 2.26 bits per heavy atom. The van der Waals surface area contributed by atoms with Crippen molar-refractivity contribution in [3.05, 3.63) is 35.2 Å². The Morgan fingerprint density at radius 1 is 1.42 bits per heavy atom. The monoisotopic (exact) mass is 276 g/mol. The lowest BCUT2D eigenvalue weighted by molar-refractivity contribution is 0.0319. The van der Waals surface area contributed by atoms with E-state index in [9.17, 15) is 5.11 Å². The Labute approximate surface area is 118 Å². The lowest BCUT2D eigenvalue weighted by atomic mass is 9.89. The Hall–Kier alpha value is -0.900. The highest BCUT2D eigenvalue weighted by Gasteiger charge is 2.32. The molecule has 0 bridgehead atoms. The predicted molar refractivity (Wildman–Crippen MR) is 79.7 cm³/mol. The Bertz CT molecular complexity index is 548. The predicted octanol–water partition coefficient (Wildman–Crippen LogP) is 3.62. The van der Waals surface area contributed by atoms with Gasteiger partial charge in [0.2, 0.25) is 0 Å². The quantitative estimate of drug-likeness (QED) is 0.924. The smallest absolute Gasteiger partial charge is 0.0634 e. The van der Waals surface area contributed by atoms with Crippen molar-refractivity contribution >= 4 is 21.4 Å². The van der Waals surface area contributed by atoms with Gasteiger partial charge in [0, 0.05) is 23.6 Å². The lowest BCUT2D eigenvalue weighted by Crippen LogP contribution is -2.29. The molecule has 0 saturated carbocycles. The molecule has 1 N–H and O–H groups in total. The van der Waals surface area contributed by atoms with Crippen LogP contribution in [0.1, 0.15) is 25.3 Å². The molecule has 2 nitrogen and oxygen atoms in total. The van der Waals surface area contributed by atoms with Crippen molar-refractivity contribution in [1.82, 2.24) is 0 Å². The Morgan fingerprint density at radius 3 is 3.11 bits per heavy atom. The molecule has 3 unspecified atom stereocenters. The first-order valence-electron chi connectivity index (χ1n) is 7.04. The van der Waals surface area contributed by atoms with Crippen LogP contribution in [0, 0.1) is 5.92 Å². The van der Waals surface area contributed by atoms with Crippen LogP contribution in [0.3, 0.4) is 0 Å². The van der Waals surface area contributed by atoms with Gasteiger partial charge in [-0.25, -0.2) is 0 Å². The molecular weight excluding hydrogens is 256 g/mol. The summed E-state index contributed by atoms with van der Waals surface area (Å²) in [6, 6.07) is 8.43. The maximum absolute atomic E-state index is 10.5. The van der Waals surface area contributed by atoms with Crippen LogP contribution < -0.4 is 0 Å². The van der Waals surface area contributed by atoms with Crippen LogP contribution in [0.5, 0.6) is 0 Å². The molecule has 2 aromatic rings. The highest BCUT2D eigenvalue weighted by molar-refractivity contribution is 7.17. The number of benzene rings is 1. The van der Waals surface area contributed by atoms with Crippen LogP contribution in [0.25, 0.3) is 10.1 Å². The van der Waals surface area contributed by atoms with E-state index in [1.165, 1.54) is 15.6 Å². The van der Waals surface area contributed by atoms with E-state index in [4.69, 9.17) is 4.74 Å². The van der Waals surface area contributed by atoms with Crippen molar-refractivity contribution in [3.63, 3.8) is 0 Å². The number of rotatable bonds is 4. The molecule has 0 spiro atoms. The molecule has 3 rings (SSSR count). The second-order valence-corrected chi connectivity index (χ2v) is 6.21. The fourth-order valence-electron chi connectivity index (χ4n) is 3.09. The third-order valence-corrected chi connectivity index (χ3v) is 5.16. The van der Waals surface area contributed by atoms with Crippen LogP contribution in [-0.2, 0) is 11.2 Å². The van der Waals surface area contributed by atoms with Crippen molar-refractivity contribution < 1.29 is 9.84 Å². The molecule has 3 heteroatoms. The van der Waals surface area contributed by atoms with Crippen molar-refractivity contribution in [2.75, 3.05) is 6.61 Å². The van der Waals surface area contributed by atoms with Crippen LogP contribution in [0.4, 0.5) is 0 Å². The average Bonchev–Trinajstić information content (AvgIpc) is 3.05. The second-order valence-electron chi connectivity index (χ2n) is 5.30. The van der Waals surface area contributed by atoms with E-state index in [2.05, 4.69) is 36.6 Å². The number of thiophene rings is 1. The molecule has 3 atom stereocenters. The molecule has 0 aliphatic carbocycles. The molecule has 1 aliphatic heterocycles. The van der Waals surface area contributed by atoms with Gasteiger partial charge in [0.05, 0.1) is 12.2 Å². The van der Waals surface area contributed by atoms with Gasteiger partial charge in [-0.05, 0) is 35.2 Å². The minimum Gasteiger partial charge on any atom is -0.392 e. The van der Waals surface area contributed by atoms with Crippen molar-refractivity contribution in [3.8, 4) is 0 Å². The standard InChI is InChI=1S/C16H20O2S/c1-2-15-13(7-8-18-15)14(17)9-11-10-19-16-6-4-3-5-12(11)16/h3-6,10,13-15,17H,2,7-9H2,1H3. The number of aliphatic hydroxyl groups excluding tert-OH is 1. The van der Waals surface area contributed by atoms with Crippen LogP contribution in [0.15, 0.2) is 29.6 Å². The Kier molecular flexibility index (Phi) is 3.87. The van der Waals surface area contributed by atoms with E-state index >= 15 is 0 Å². The van der Waals surface area contributed by atoms with E-state index in [1.54, 1.807) is 11.3 Å². The molecule has 1 aromatic carbocycles. The molecule has 1 fully saturated rings. The summed E-state index contributed by atoms with van der Waals surface area (Å²) in [6.45, 7) is 2.93. The summed E-state index contributed by atoms with van der Waals surface area (Å²) in [6.07, 6.45) is 2.67. The molecule has 0 amide bonds. The Balaban J connectivity index is 1.77. The number of aliphatic hydroxyl groups is 1. The number of fused-ring (bicyclic) bond motifs is 1. The topological polar surface area (TPSA) is 29.5 Å². The fraction of sp³-hybridized carbons (Fsp3) is 0.500. The maximum atomic E-state index is 10.5. The SMILES string of the molecule is CCC1OCCC1C(O)Cc1csc2ccccc12. The summed E-state index contributed by atoms with van der Waals surface area (Å²) in [5, 5.41) is 14.0. The van der Waals surface area contributed by atoms with E-state index in [-0.39, 0.29) is 12.2 Å². The number of hydrogen-bond acceptors (Lipinski definition) is 3. The van der Waals surface area contributed by atoms with Crippen molar-refractivity contribution in [2.24, 2.45) is 5.92 Å². The van der Waals surface area contributed by atoms with Gasteiger partial charge < -0.3 is 9.84 Å². The highest BCUT2D eigenvalue weighted by Crippen LogP contribution is 2.31. The van der Waals surface area contributed by atoms with Gasteiger partial charge in [0.15, 0.2) is 0 Å². The first kappa shape index (κ1) is 13.1. The zero-order valence-corrected chi connectivity index (χ0v) is 12.0.